The Hall–Kier alpha value is -0.480. The van der Waals surface area contributed by atoms with Crippen LogP contribution in [0.1, 0.15) is 12.0 Å². The van der Waals surface area contributed by atoms with Crippen LogP contribution in [0.5, 0.6) is 0 Å². The van der Waals surface area contributed by atoms with Gasteiger partial charge in [-0.25, -0.2) is 8.78 Å². The first kappa shape index (κ1) is 11.0. The Morgan fingerprint density at radius 2 is 2.20 bits per heavy atom. The fourth-order valence-electron chi connectivity index (χ4n) is 1.89. The Kier molecular flexibility index (Phi) is 3.36. The molecule has 1 atom stereocenters. The number of nitrogens with zero attached hydrogens (tertiary/aromatic N) is 1. The molecule has 0 unspecified atom stereocenters. The number of hydrogen-bond acceptors (Lipinski definition) is 1. The number of hydrogen-bond donors (Lipinski definition) is 0. The molecule has 82 valence electrons. The van der Waals surface area contributed by atoms with Crippen molar-refractivity contribution in [1.82, 2.24) is 4.90 Å². The summed E-state index contributed by atoms with van der Waals surface area (Å²) in [5.74, 6) is -0.254. The Morgan fingerprint density at radius 3 is 2.80 bits per heavy atom. The van der Waals surface area contributed by atoms with Crippen LogP contribution in [0.2, 0.25) is 0 Å². The molecule has 1 heterocycles. The van der Waals surface area contributed by atoms with E-state index < -0.39 is 6.17 Å². The van der Waals surface area contributed by atoms with E-state index >= 15 is 0 Å². The molecule has 1 nitrogen and oxygen atoms in total. The molecule has 0 aromatic heterocycles. The quantitative estimate of drug-likeness (QED) is 0.802. The normalized spacial score (nSPS) is 22.2. The van der Waals surface area contributed by atoms with Crippen LogP contribution in [-0.2, 0) is 6.54 Å². The fourth-order valence-corrected chi connectivity index (χ4v) is 2.40. The second-order valence-corrected chi connectivity index (χ2v) is 4.81. The summed E-state index contributed by atoms with van der Waals surface area (Å²) >= 11 is 3.24. The zero-order valence-electron chi connectivity index (χ0n) is 8.22. The van der Waals surface area contributed by atoms with Crippen LogP contribution in [0.3, 0.4) is 0 Å². The summed E-state index contributed by atoms with van der Waals surface area (Å²) in [6.45, 7) is 1.85. The molecule has 0 bridgehead atoms. The molecule has 0 amide bonds. The Labute approximate surface area is 96.2 Å². The van der Waals surface area contributed by atoms with E-state index in [0.717, 1.165) is 16.6 Å². The molecular weight excluding hydrogens is 264 g/mol. The van der Waals surface area contributed by atoms with Crippen LogP contribution in [0.4, 0.5) is 8.78 Å². The lowest BCUT2D eigenvalue weighted by Crippen LogP contribution is -2.20. The number of benzene rings is 1. The summed E-state index contributed by atoms with van der Waals surface area (Å²) in [6.07, 6.45) is -0.127. The van der Waals surface area contributed by atoms with Gasteiger partial charge in [0.15, 0.2) is 0 Å². The van der Waals surface area contributed by atoms with Crippen molar-refractivity contribution in [3.63, 3.8) is 0 Å². The molecule has 15 heavy (non-hydrogen) atoms. The van der Waals surface area contributed by atoms with Gasteiger partial charge in [-0.1, -0.05) is 15.9 Å². The molecular formula is C11H12BrF2N. The first-order chi connectivity index (χ1) is 7.13. The summed E-state index contributed by atoms with van der Waals surface area (Å²) in [5, 5.41) is 0. The van der Waals surface area contributed by atoms with E-state index in [2.05, 4.69) is 15.9 Å². The van der Waals surface area contributed by atoms with Crippen LogP contribution >= 0.6 is 15.9 Å². The highest BCUT2D eigenvalue weighted by atomic mass is 79.9. The van der Waals surface area contributed by atoms with Crippen molar-refractivity contribution in [2.24, 2.45) is 0 Å². The maximum atomic E-state index is 13.1. The zero-order valence-corrected chi connectivity index (χ0v) is 9.80. The summed E-state index contributed by atoms with van der Waals surface area (Å²) in [4.78, 5) is 2.01. The molecule has 4 heteroatoms. The van der Waals surface area contributed by atoms with E-state index in [0.29, 0.717) is 19.5 Å². The van der Waals surface area contributed by atoms with Crippen molar-refractivity contribution in [3.05, 3.63) is 34.1 Å². The molecule has 0 saturated carbocycles. The number of rotatable bonds is 2. The minimum atomic E-state index is -0.720. The van der Waals surface area contributed by atoms with Gasteiger partial charge < -0.3 is 0 Å². The molecule has 1 aromatic carbocycles. The minimum Gasteiger partial charge on any atom is -0.296 e. The third-order valence-corrected chi connectivity index (χ3v) is 3.00. The van der Waals surface area contributed by atoms with Crippen molar-refractivity contribution in [1.29, 1.82) is 0 Å². The van der Waals surface area contributed by atoms with Crippen LogP contribution in [0.25, 0.3) is 0 Å². The Balaban J connectivity index is 2.04. The minimum absolute atomic E-state index is 0.254. The zero-order chi connectivity index (χ0) is 10.8. The van der Waals surface area contributed by atoms with E-state index in [1.807, 2.05) is 11.0 Å². The Morgan fingerprint density at radius 1 is 1.40 bits per heavy atom. The highest BCUT2D eigenvalue weighted by Crippen LogP contribution is 2.19. The molecule has 1 aliphatic heterocycles. The third-order valence-electron chi connectivity index (χ3n) is 2.54. The molecule has 0 radical (unpaired) electrons. The average molecular weight is 276 g/mol. The summed E-state index contributed by atoms with van der Waals surface area (Å²) in [6, 6.07) is 4.79. The van der Waals surface area contributed by atoms with Crippen LogP contribution in [0.15, 0.2) is 22.7 Å². The van der Waals surface area contributed by atoms with Gasteiger partial charge in [-0.15, -0.1) is 0 Å². The lowest BCUT2D eigenvalue weighted by atomic mass is 10.2. The summed E-state index contributed by atoms with van der Waals surface area (Å²) in [5.41, 5.74) is 0.885. The molecule has 0 aliphatic carbocycles. The van der Waals surface area contributed by atoms with Gasteiger partial charge in [0.2, 0.25) is 0 Å². The van der Waals surface area contributed by atoms with Crippen molar-refractivity contribution in [3.8, 4) is 0 Å². The van der Waals surface area contributed by atoms with Gasteiger partial charge in [-0.2, -0.15) is 0 Å². The number of halogens is 3. The van der Waals surface area contributed by atoms with Crippen LogP contribution < -0.4 is 0 Å². The van der Waals surface area contributed by atoms with Crippen molar-refractivity contribution in [2.45, 2.75) is 19.1 Å². The van der Waals surface area contributed by atoms with Crippen molar-refractivity contribution < 1.29 is 8.78 Å². The monoisotopic (exact) mass is 275 g/mol. The summed E-state index contributed by atoms with van der Waals surface area (Å²) < 4.78 is 26.7. The van der Waals surface area contributed by atoms with Gasteiger partial charge in [0.05, 0.1) is 0 Å². The molecule has 1 fully saturated rings. The smallest absolute Gasteiger partial charge is 0.124 e. The lowest BCUT2D eigenvalue weighted by Gasteiger charge is -2.14. The molecule has 1 aromatic rings. The lowest BCUT2D eigenvalue weighted by molar-refractivity contribution is 0.282. The fraction of sp³-hybridized carbons (Fsp3) is 0.455. The molecule has 2 rings (SSSR count). The van der Waals surface area contributed by atoms with E-state index in [9.17, 15) is 8.78 Å². The maximum absolute atomic E-state index is 13.1. The largest absolute Gasteiger partial charge is 0.296 e. The second kappa shape index (κ2) is 4.58. The van der Waals surface area contributed by atoms with Gasteiger partial charge in [0, 0.05) is 24.1 Å². The van der Waals surface area contributed by atoms with Gasteiger partial charge in [0.25, 0.3) is 0 Å². The number of likely N-dealkylation sites (tertiary alicyclic amines) is 1. The van der Waals surface area contributed by atoms with E-state index in [-0.39, 0.29) is 5.82 Å². The predicted molar refractivity (Wildman–Crippen MR) is 58.9 cm³/mol. The van der Waals surface area contributed by atoms with Crippen LogP contribution in [-0.4, -0.2) is 24.2 Å². The van der Waals surface area contributed by atoms with Gasteiger partial charge in [-0.05, 0) is 30.2 Å². The summed E-state index contributed by atoms with van der Waals surface area (Å²) in [7, 11) is 0. The topological polar surface area (TPSA) is 3.24 Å². The van der Waals surface area contributed by atoms with Crippen molar-refractivity contribution >= 4 is 15.9 Å². The van der Waals surface area contributed by atoms with Gasteiger partial charge in [0.1, 0.15) is 12.0 Å². The molecule has 1 saturated heterocycles. The number of alkyl halides is 1. The predicted octanol–water partition coefficient (Wildman–Crippen LogP) is 3.13. The molecule has 0 N–H and O–H groups in total. The van der Waals surface area contributed by atoms with Gasteiger partial charge >= 0.3 is 0 Å². The van der Waals surface area contributed by atoms with Crippen LogP contribution in [0, 0.1) is 5.82 Å². The van der Waals surface area contributed by atoms with Crippen molar-refractivity contribution in [2.75, 3.05) is 13.1 Å². The molecule has 1 aliphatic rings. The first-order valence-electron chi connectivity index (χ1n) is 4.95. The highest BCUT2D eigenvalue weighted by molar-refractivity contribution is 9.10. The van der Waals surface area contributed by atoms with E-state index in [1.54, 1.807) is 0 Å². The molecule has 0 spiro atoms. The standard InChI is InChI=1S/C11H12BrF2N/c12-9-3-8(4-11(14)5-9)6-15-2-1-10(13)7-15/h3-5,10H,1-2,6-7H2/t10-/m1/s1. The second-order valence-electron chi connectivity index (χ2n) is 3.90. The van der Waals surface area contributed by atoms with E-state index in [1.165, 1.54) is 12.1 Å². The Bertz CT molecular complexity index is 336. The maximum Gasteiger partial charge on any atom is 0.124 e. The third kappa shape index (κ3) is 2.98. The SMILES string of the molecule is Fc1cc(Br)cc(CN2CC[C@@H](F)C2)c1. The highest BCUT2D eigenvalue weighted by Gasteiger charge is 2.21. The first-order valence-corrected chi connectivity index (χ1v) is 5.74. The van der Waals surface area contributed by atoms with Gasteiger partial charge in [-0.3, -0.25) is 4.90 Å². The average Bonchev–Trinajstić information content (AvgIpc) is 2.49. The van der Waals surface area contributed by atoms with E-state index in [4.69, 9.17) is 0 Å².